The van der Waals surface area contributed by atoms with E-state index < -0.39 is 26.6 Å². The number of piperidine rings is 1. The highest BCUT2D eigenvalue weighted by atomic mass is 32.2. The number of hydrogen-bond acceptors (Lipinski definition) is 4. The Morgan fingerprint density at radius 1 is 1.39 bits per heavy atom. The second kappa shape index (κ2) is 5.57. The molecule has 1 saturated heterocycles. The average Bonchev–Trinajstić information content (AvgIpc) is 2.27. The maximum atomic E-state index is 11.8. The Bertz CT molecular complexity index is 404. The van der Waals surface area contributed by atoms with Gasteiger partial charge in [0.15, 0.2) is 9.84 Å². The van der Waals surface area contributed by atoms with Crippen LogP contribution in [0, 0.1) is 0 Å². The van der Waals surface area contributed by atoms with E-state index in [1.807, 2.05) is 0 Å². The summed E-state index contributed by atoms with van der Waals surface area (Å²) >= 11 is 0. The molecule has 1 aliphatic heterocycles. The number of sulfone groups is 1. The third-order valence-electron chi connectivity index (χ3n) is 3.86. The molecule has 0 aliphatic carbocycles. The van der Waals surface area contributed by atoms with Crippen LogP contribution < -0.4 is 0 Å². The fraction of sp³-hybridized carbons (Fsp3) is 0.917. The molecule has 5 nitrogen and oxygen atoms in total. The summed E-state index contributed by atoms with van der Waals surface area (Å²) in [6, 6.07) is 0. The summed E-state index contributed by atoms with van der Waals surface area (Å²) in [6.07, 6.45) is 2.41. The van der Waals surface area contributed by atoms with Gasteiger partial charge in [-0.05, 0) is 46.6 Å². The second-order valence-electron chi connectivity index (χ2n) is 5.44. The minimum Gasteiger partial charge on any atom is -0.480 e. The second-order valence-corrected chi connectivity index (χ2v) is 8.12. The highest BCUT2D eigenvalue weighted by Crippen LogP contribution is 2.28. The molecular formula is C12H23NO4S. The van der Waals surface area contributed by atoms with Crippen LogP contribution in [0.3, 0.4) is 0 Å². The van der Waals surface area contributed by atoms with E-state index in [1.54, 1.807) is 25.7 Å². The van der Waals surface area contributed by atoms with E-state index in [0.29, 0.717) is 19.5 Å². The molecular weight excluding hydrogens is 254 g/mol. The van der Waals surface area contributed by atoms with Crippen LogP contribution in [0.15, 0.2) is 0 Å². The van der Waals surface area contributed by atoms with Gasteiger partial charge in [-0.15, -0.1) is 0 Å². The number of rotatable bonds is 5. The minimum atomic E-state index is -3.11. The Labute approximate surface area is 109 Å². The first-order valence-electron chi connectivity index (χ1n) is 6.40. The lowest BCUT2D eigenvalue weighted by Crippen LogP contribution is -2.56. The van der Waals surface area contributed by atoms with Gasteiger partial charge in [0.2, 0.25) is 0 Å². The van der Waals surface area contributed by atoms with Crippen LogP contribution in [0.25, 0.3) is 0 Å². The van der Waals surface area contributed by atoms with E-state index >= 15 is 0 Å². The molecule has 1 heterocycles. The summed E-state index contributed by atoms with van der Waals surface area (Å²) in [5.41, 5.74) is -0.912. The molecule has 0 aromatic heterocycles. The SMILES string of the molecule is CC(C)S(=O)(=O)CCN1CCCCC1(C)C(=O)O. The fourth-order valence-corrected chi connectivity index (χ4v) is 3.20. The number of carboxylic acid groups (broad SMARTS) is 1. The normalized spacial score (nSPS) is 26.4. The summed E-state index contributed by atoms with van der Waals surface area (Å²) in [7, 11) is -3.11. The van der Waals surface area contributed by atoms with E-state index in [4.69, 9.17) is 0 Å². The van der Waals surface area contributed by atoms with Gasteiger partial charge in [-0.3, -0.25) is 9.69 Å². The molecule has 1 N–H and O–H groups in total. The lowest BCUT2D eigenvalue weighted by molar-refractivity contribution is -0.152. The van der Waals surface area contributed by atoms with E-state index in [-0.39, 0.29) is 5.75 Å². The first-order chi connectivity index (χ1) is 8.20. The first-order valence-corrected chi connectivity index (χ1v) is 8.12. The summed E-state index contributed by atoms with van der Waals surface area (Å²) < 4.78 is 23.6. The van der Waals surface area contributed by atoms with Crippen LogP contribution in [0.1, 0.15) is 40.0 Å². The van der Waals surface area contributed by atoms with Crippen LogP contribution in [-0.2, 0) is 14.6 Å². The van der Waals surface area contributed by atoms with Crippen molar-refractivity contribution in [3.63, 3.8) is 0 Å². The van der Waals surface area contributed by atoms with Crippen molar-refractivity contribution in [2.75, 3.05) is 18.8 Å². The van der Waals surface area contributed by atoms with Crippen LogP contribution in [0.4, 0.5) is 0 Å². The fourth-order valence-electron chi connectivity index (χ4n) is 2.25. The van der Waals surface area contributed by atoms with Crippen molar-refractivity contribution in [2.45, 2.75) is 50.8 Å². The number of carbonyl (C=O) groups is 1. The Hall–Kier alpha value is -0.620. The Kier molecular flexibility index (Phi) is 4.78. The van der Waals surface area contributed by atoms with E-state index in [9.17, 15) is 18.3 Å². The zero-order valence-electron chi connectivity index (χ0n) is 11.3. The summed E-state index contributed by atoms with van der Waals surface area (Å²) in [4.78, 5) is 13.2. The molecule has 0 bridgehead atoms. The van der Waals surface area contributed by atoms with Gasteiger partial charge in [0.25, 0.3) is 0 Å². The molecule has 0 aromatic carbocycles. The first kappa shape index (κ1) is 15.4. The van der Waals surface area contributed by atoms with Crippen molar-refractivity contribution >= 4 is 15.8 Å². The molecule has 1 fully saturated rings. The topological polar surface area (TPSA) is 74.7 Å². The molecule has 106 valence electrons. The highest BCUT2D eigenvalue weighted by Gasteiger charge is 2.41. The van der Waals surface area contributed by atoms with Gasteiger partial charge < -0.3 is 5.11 Å². The van der Waals surface area contributed by atoms with Gasteiger partial charge in [0.1, 0.15) is 5.54 Å². The summed E-state index contributed by atoms with van der Waals surface area (Å²) in [5, 5.41) is 8.91. The Morgan fingerprint density at radius 3 is 2.50 bits per heavy atom. The number of nitrogens with zero attached hydrogens (tertiary/aromatic N) is 1. The molecule has 18 heavy (non-hydrogen) atoms. The predicted molar refractivity (Wildman–Crippen MR) is 70.4 cm³/mol. The van der Waals surface area contributed by atoms with Crippen LogP contribution in [-0.4, -0.2) is 54.0 Å². The van der Waals surface area contributed by atoms with E-state index in [2.05, 4.69) is 0 Å². The molecule has 0 spiro atoms. The lowest BCUT2D eigenvalue weighted by Gasteiger charge is -2.41. The molecule has 0 radical (unpaired) electrons. The number of aliphatic carboxylic acids is 1. The van der Waals surface area contributed by atoms with Crippen LogP contribution in [0.2, 0.25) is 0 Å². The van der Waals surface area contributed by atoms with Crippen molar-refractivity contribution in [1.29, 1.82) is 0 Å². The predicted octanol–water partition coefficient (Wildman–Crippen LogP) is 1.14. The minimum absolute atomic E-state index is 0.0353. The van der Waals surface area contributed by atoms with Crippen molar-refractivity contribution in [3.05, 3.63) is 0 Å². The highest BCUT2D eigenvalue weighted by molar-refractivity contribution is 7.92. The van der Waals surface area contributed by atoms with Gasteiger partial charge in [-0.25, -0.2) is 8.42 Å². The third kappa shape index (κ3) is 3.23. The van der Waals surface area contributed by atoms with Crippen molar-refractivity contribution in [1.82, 2.24) is 4.90 Å². The molecule has 1 rings (SSSR count). The third-order valence-corrected chi connectivity index (χ3v) is 6.05. The van der Waals surface area contributed by atoms with Crippen LogP contribution in [0.5, 0.6) is 0 Å². The van der Waals surface area contributed by atoms with Gasteiger partial charge in [0, 0.05) is 6.54 Å². The maximum absolute atomic E-state index is 11.8. The van der Waals surface area contributed by atoms with E-state index in [1.165, 1.54) is 0 Å². The summed E-state index contributed by atoms with van der Waals surface area (Å²) in [5.74, 6) is -0.822. The molecule has 0 saturated carbocycles. The maximum Gasteiger partial charge on any atom is 0.323 e. The van der Waals surface area contributed by atoms with Crippen molar-refractivity contribution < 1.29 is 18.3 Å². The smallest absolute Gasteiger partial charge is 0.323 e. The Morgan fingerprint density at radius 2 is 2.00 bits per heavy atom. The van der Waals surface area contributed by atoms with Crippen LogP contribution >= 0.6 is 0 Å². The zero-order valence-corrected chi connectivity index (χ0v) is 12.2. The summed E-state index contributed by atoms with van der Waals surface area (Å²) in [6.45, 7) is 5.97. The molecule has 1 aliphatic rings. The zero-order chi connectivity index (χ0) is 14.0. The monoisotopic (exact) mass is 277 g/mol. The van der Waals surface area contributed by atoms with E-state index in [0.717, 1.165) is 12.8 Å². The van der Waals surface area contributed by atoms with Gasteiger partial charge in [-0.2, -0.15) is 0 Å². The standard InChI is InChI=1S/C12H23NO4S/c1-10(2)18(16,17)9-8-13-7-5-4-6-12(13,3)11(14)15/h10H,4-9H2,1-3H3,(H,14,15). The Balaban J connectivity index is 2.73. The largest absolute Gasteiger partial charge is 0.480 e. The molecule has 0 aromatic rings. The molecule has 0 amide bonds. The number of likely N-dealkylation sites (tertiary alicyclic amines) is 1. The molecule has 1 unspecified atom stereocenters. The number of hydrogen-bond donors (Lipinski definition) is 1. The van der Waals surface area contributed by atoms with Crippen molar-refractivity contribution in [2.24, 2.45) is 0 Å². The van der Waals surface area contributed by atoms with Gasteiger partial charge >= 0.3 is 5.97 Å². The quantitative estimate of drug-likeness (QED) is 0.815. The molecule has 1 atom stereocenters. The van der Waals surface area contributed by atoms with Crippen molar-refractivity contribution in [3.8, 4) is 0 Å². The van der Waals surface area contributed by atoms with Gasteiger partial charge in [0.05, 0.1) is 11.0 Å². The lowest BCUT2D eigenvalue weighted by atomic mass is 9.88. The molecule has 6 heteroatoms. The number of carboxylic acids is 1. The average molecular weight is 277 g/mol. The van der Waals surface area contributed by atoms with Gasteiger partial charge in [-0.1, -0.05) is 0 Å².